The summed E-state index contributed by atoms with van der Waals surface area (Å²) in [5.41, 5.74) is 0. The first-order chi connectivity index (χ1) is 9.38. The van der Waals surface area contributed by atoms with Gasteiger partial charge in [0.15, 0.2) is 0 Å². The number of halogens is 5. The first-order valence-electron chi connectivity index (χ1n) is 5.05. The SMILES string of the molecule is FC(F)C(F)(F)CNc1nc(Cl)nc(-n2cncn2)n1. The number of anilines is 1. The average molecular weight is 312 g/mol. The second-order valence-corrected chi connectivity index (χ2v) is 3.82. The lowest BCUT2D eigenvalue weighted by atomic mass is 10.3. The van der Waals surface area contributed by atoms with E-state index in [9.17, 15) is 17.6 Å². The molecule has 0 aliphatic carbocycles. The number of alkyl halides is 4. The fourth-order valence-electron chi connectivity index (χ4n) is 1.11. The van der Waals surface area contributed by atoms with Gasteiger partial charge in [-0.2, -0.15) is 33.5 Å². The van der Waals surface area contributed by atoms with Crippen molar-refractivity contribution in [3.05, 3.63) is 17.9 Å². The zero-order chi connectivity index (χ0) is 14.8. The summed E-state index contributed by atoms with van der Waals surface area (Å²) < 4.78 is 50.6. The van der Waals surface area contributed by atoms with Gasteiger partial charge in [0.05, 0.1) is 6.54 Å². The van der Waals surface area contributed by atoms with Crippen molar-refractivity contribution in [1.82, 2.24) is 29.7 Å². The molecule has 0 unspecified atom stereocenters. The van der Waals surface area contributed by atoms with Gasteiger partial charge in [-0.1, -0.05) is 0 Å². The van der Waals surface area contributed by atoms with Crippen LogP contribution in [0.5, 0.6) is 0 Å². The van der Waals surface area contributed by atoms with E-state index in [4.69, 9.17) is 11.6 Å². The molecule has 0 aromatic carbocycles. The highest BCUT2D eigenvalue weighted by Crippen LogP contribution is 2.22. The number of aromatic nitrogens is 6. The van der Waals surface area contributed by atoms with E-state index in [0.717, 1.165) is 4.68 Å². The molecule has 108 valence electrons. The number of nitrogens with zero attached hydrogens (tertiary/aromatic N) is 6. The Hall–Kier alpha value is -2.04. The van der Waals surface area contributed by atoms with Gasteiger partial charge in [-0.25, -0.2) is 13.8 Å². The smallest absolute Gasteiger partial charge is 0.324 e. The van der Waals surface area contributed by atoms with Crippen LogP contribution in [0.4, 0.5) is 23.5 Å². The van der Waals surface area contributed by atoms with Gasteiger partial charge in [0.2, 0.25) is 11.2 Å². The molecule has 20 heavy (non-hydrogen) atoms. The summed E-state index contributed by atoms with van der Waals surface area (Å²) in [6, 6.07) is 0. The third-order valence-electron chi connectivity index (χ3n) is 2.02. The standard InChI is InChI=1S/C8H6ClF4N7/c9-5-17-6(15-1-8(12,13)4(10)11)19-7(18-5)20-3-14-2-16-20/h2-4H,1H2,(H,15,17,18,19). The van der Waals surface area contributed by atoms with Gasteiger partial charge in [0.1, 0.15) is 12.7 Å². The Balaban J connectivity index is 2.17. The molecule has 0 saturated heterocycles. The summed E-state index contributed by atoms with van der Waals surface area (Å²) in [4.78, 5) is 14.5. The van der Waals surface area contributed by atoms with Crippen molar-refractivity contribution >= 4 is 17.5 Å². The summed E-state index contributed by atoms with van der Waals surface area (Å²) >= 11 is 5.58. The Labute approximate surface area is 114 Å². The molecule has 0 radical (unpaired) electrons. The van der Waals surface area contributed by atoms with Gasteiger partial charge in [-0.15, -0.1) is 0 Å². The number of hydrogen-bond donors (Lipinski definition) is 1. The lowest BCUT2D eigenvalue weighted by molar-refractivity contribution is -0.117. The molecule has 2 aromatic heterocycles. The molecule has 0 spiro atoms. The van der Waals surface area contributed by atoms with Crippen LogP contribution in [0.2, 0.25) is 5.28 Å². The molecule has 1 N–H and O–H groups in total. The number of rotatable bonds is 5. The largest absolute Gasteiger partial charge is 0.348 e. The molecule has 2 aromatic rings. The van der Waals surface area contributed by atoms with Crippen LogP contribution in [0.3, 0.4) is 0 Å². The van der Waals surface area contributed by atoms with Crippen molar-refractivity contribution in [2.75, 3.05) is 11.9 Å². The lowest BCUT2D eigenvalue weighted by Crippen LogP contribution is -2.35. The molecule has 0 bridgehead atoms. The summed E-state index contributed by atoms with van der Waals surface area (Å²) in [7, 11) is 0. The predicted molar refractivity (Wildman–Crippen MR) is 59.2 cm³/mol. The van der Waals surface area contributed by atoms with Crippen LogP contribution in [-0.2, 0) is 0 Å². The van der Waals surface area contributed by atoms with E-state index in [1.165, 1.54) is 12.7 Å². The van der Waals surface area contributed by atoms with E-state index in [1.54, 1.807) is 0 Å². The first kappa shape index (κ1) is 14.4. The molecular weight excluding hydrogens is 306 g/mol. The van der Waals surface area contributed by atoms with Gasteiger partial charge < -0.3 is 5.32 Å². The predicted octanol–water partition coefficient (Wildman–Crippen LogP) is 1.42. The quantitative estimate of drug-likeness (QED) is 0.841. The highest BCUT2D eigenvalue weighted by Gasteiger charge is 2.40. The van der Waals surface area contributed by atoms with Crippen LogP contribution in [0.15, 0.2) is 12.7 Å². The molecule has 0 amide bonds. The van der Waals surface area contributed by atoms with E-state index in [-0.39, 0.29) is 17.2 Å². The maximum atomic E-state index is 12.8. The first-order valence-corrected chi connectivity index (χ1v) is 5.43. The van der Waals surface area contributed by atoms with Crippen LogP contribution in [0.1, 0.15) is 0 Å². The summed E-state index contributed by atoms with van der Waals surface area (Å²) in [6.45, 7) is -1.35. The van der Waals surface area contributed by atoms with Crippen molar-refractivity contribution in [3.8, 4) is 5.95 Å². The summed E-state index contributed by atoms with van der Waals surface area (Å²) in [5, 5.41) is 5.36. The number of nitrogens with one attached hydrogen (secondary N) is 1. The molecular formula is C8H6ClF4N7. The van der Waals surface area contributed by atoms with E-state index < -0.39 is 18.9 Å². The van der Waals surface area contributed by atoms with Gasteiger partial charge in [-0.05, 0) is 11.6 Å². The van der Waals surface area contributed by atoms with E-state index >= 15 is 0 Å². The van der Waals surface area contributed by atoms with Gasteiger partial charge in [-0.3, -0.25) is 0 Å². The van der Waals surface area contributed by atoms with Crippen LogP contribution in [-0.4, -0.2) is 48.6 Å². The molecule has 2 rings (SSSR count). The van der Waals surface area contributed by atoms with Gasteiger partial charge in [0.25, 0.3) is 5.95 Å². The van der Waals surface area contributed by atoms with Crippen molar-refractivity contribution in [1.29, 1.82) is 0 Å². The van der Waals surface area contributed by atoms with Crippen LogP contribution >= 0.6 is 11.6 Å². The maximum absolute atomic E-state index is 12.8. The average Bonchev–Trinajstić information content (AvgIpc) is 2.89. The van der Waals surface area contributed by atoms with Crippen LogP contribution in [0.25, 0.3) is 5.95 Å². The molecule has 7 nitrogen and oxygen atoms in total. The second kappa shape index (κ2) is 5.53. The third kappa shape index (κ3) is 3.29. The maximum Gasteiger partial charge on any atom is 0.324 e. The molecule has 12 heteroatoms. The zero-order valence-electron chi connectivity index (χ0n) is 9.51. The molecule has 0 atom stereocenters. The van der Waals surface area contributed by atoms with E-state index in [1.807, 2.05) is 5.32 Å². The minimum atomic E-state index is -4.22. The van der Waals surface area contributed by atoms with Crippen LogP contribution in [0, 0.1) is 0 Å². The normalized spacial score (nSPS) is 11.9. The topological polar surface area (TPSA) is 81.4 Å². The monoisotopic (exact) mass is 311 g/mol. The Kier molecular flexibility index (Phi) is 3.97. The third-order valence-corrected chi connectivity index (χ3v) is 2.19. The zero-order valence-corrected chi connectivity index (χ0v) is 10.3. The summed E-state index contributed by atoms with van der Waals surface area (Å²) in [6.07, 6.45) is -1.37. The van der Waals surface area contributed by atoms with Crippen LogP contribution < -0.4 is 5.32 Å². The van der Waals surface area contributed by atoms with E-state index in [2.05, 4.69) is 25.0 Å². The van der Waals surface area contributed by atoms with Gasteiger partial charge in [0, 0.05) is 0 Å². The Morgan fingerprint density at radius 1 is 1.30 bits per heavy atom. The van der Waals surface area contributed by atoms with Gasteiger partial charge >= 0.3 is 12.3 Å². The molecule has 2 heterocycles. The summed E-state index contributed by atoms with van der Waals surface area (Å²) in [5.74, 6) is -4.69. The molecule has 0 aliphatic rings. The fourth-order valence-corrected chi connectivity index (χ4v) is 1.26. The fraction of sp³-hybridized carbons (Fsp3) is 0.375. The molecule has 0 aliphatic heterocycles. The lowest BCUT2D eigenvalue weighted by Gasteiger charge is -2.15. The minimum Gasteiger partial charge on any atom is -0.348 e. The minimum absolute atomic E-state index is 0.0923. The molecule has 0 saturated carbocycles. The Morgan fingerprint density at radius 3 is 2.65 bits per heavy atom. The van der Waals surface area contributed by atoms with Crippen molar-refractivity contribution in [2.45, 2.75) is 12.3 Å². The van der Waals surface area contributed by atoms with E-state index in [0.29, 0.717) is 0 Å². The van der Waals surface area contributed by atoms with Crippen molar-refractivity contribution < 1.29 is 17.6 Å². The van der Waals surface area contributed by atoms with Crippen molar-refractivity contribution in [3.63, 3.8) is 0 Å². The Morgan fingerprint density at radius 2 is 2.05 bits per heavy atom. The highest BCUT2D eigenvalue weighted by atomic mass is 35.5. The number of hydrogen-bond acceptors (Lipinski definition) is 6. The second-order valence-electron chi connectivity index (χ2n) is 3.48. The Bertz CT molecular complexity index is 576. The molecule has 0 fully saturated rings. The highest BCUT2D eigenvalue weighted by molar-refractivity contribution is 6.28. The van der Waals surface area contributed by atoms with Crippen molar-refractivity contribution in [2.24, 2.45) is 0 Å².